The second-order valence-corrected chi connectivity index (χ2v) is 2.54. The Bertz CT molecular complexity index is 62.9. The highest BCUT2D eigenvalue weighted by atomic mass is 32.2. The molecular formula is C5H13FN2S. The molecule has 0 bridgehead atoms. The maximum atomic E-state index is 11.6. The van der Waals surface area contributed by atoms with E-state index in [1.165, 1.54) is 0 Å². The molecule has 0 atom stereocenters. The van der Waals surface area contributed by atoms with Gasteiger partial charge in [0.2, 0.25) is 0 Å². The highest BCUT2D eigenvalue weighted by Crippen LogP contribution is 2.04. The minimum atomic E-state index is 0.269. The molecule has 0 unspecified atom stereocenters. The zero-order valence-electron chi connectivity index (χ0n) is 5.85. The summed E-state index contributed by atoms with van der Waals surface area (Å²) >= 11 is 0.269. The average molecular weight is 152 g/mol. The predicted octanol–water partition coefficient (Wildman–Crippen LogP) is 1.06. The molecule has 0 aliphatic carbocycles. The summed E-state index contributed by atoms with van der Waals surface area (Å²) in [5.41, 5.74) is 0. The molecule has 0 fully saturated rings. The predicted molar refractivity (Wildman–Crippen MR) is 39.9 cm³/mol. The highest BCUT2D eigenvalue weighted by Gasteiger charge is 1.94. The fourth-order valence-corrected chi connectivity index (χ4v) is 0.608. The quantitative estimate of drug-likeness (QED) is 0.468. The van der Waals surface area contributed by atoms with Gasteiger partial charge in [0.1, 0.15) is 12.3 Å². The summed E-state index contributed by atoms with van der Waals surface area (Å²) in [4.78, 5) is 0. The van der Waals surface area contributed by atoms with Crippen LogP contribution in [0.1, 0.15) is 6.92 Å². The maximum Gasteiger partial charge on any atom is 0.134 e. The molecule has 9 heavy (non-hydrogen) atoms. The van der Waals surface area contributed by atoms with Crippen LogP contribution in [0.15, 0.2) is 0 Å². The molecule has 0 saturated heterocycles. The van der Waals surface area contributed by atoms with Gasteiger partial charge in [-0.3, -0.25) is 0 Å². The van der Waals surface area contributed by atoms with Crippen molar-refractivity contribution < 1.29 is 3.89 Å². The van der Waals surface area contributed by atoms with Crippen molar-refractivity contribution in [2.45, 2.75) is 6.92 Å². The van der Waals surface area contributed by atoms with Crippen molar-refractivity contribution in [3.63, 3.8) is 0 Å². The first kappa shape index (κ1) is 9.20. The molecule has 4 heteroatoms. The van der Waals surface area contributed by atoms with E-state index in [2.05, 4.69) is 5.32 Å². The number of rotatable bonds is 5. The van der Waals surface area contributed by atoms with Gasteiger partial charge >= 0.3 is 0 Å². The largest absolute Gasteiger partial charge is 0.316 e. The Balaban J connectivity index is 2.88. The van der Waals surface area contributed by atoms with Crippen molar-refractivity contribution >= 4 is 12.3 Å². The van der Waals surface area contributed by atoms with Gasteiger partial charge in [-0.1, -0.05) is 6.92 Å². The standard InChI is InChI=1S/C5H13FN2S/c1-3-7-4-5-8(2)9-6/h7H,3-5H2,1-2H3. The molecule has 0 spiro atoms. The van der Waals surface area contributed by atoms with Crippen LogP contribution < -0.4 is 5.32 Å². The van der Waals surface area contributed by atoms with Crippen LogP contribution >= 0.6 is 12.3 Å². The van der Waals surface area contributed by atoms with Crippen LogP contribution in [0.25, 0.3) is 0 Å². The molecule has 0 aliphatic rings. The van der Waals surface area contributed by atoms with E-state index in [1.807, 2.05) is 6.92 Å². The second-order valence-electron chi connectivity index (χ2n) is 1.77. The van der Waals surface area contributed by atoms with Crippen LogP contribution in [0.2, 0.25) is 0 Å². The first-order chi connectivity index (χ1) is 4.31. The third kappa shape index (κ3) is 6.08. The molecule has 0 aromatic heterocycles. The molecule has 2 nitrogen and oxygen atoms in total. The van der Waals surface area contributed by atoms with Crippen LogP contribution in [-0.4, -0.2) is 31.0 Å². The number of likely N-dealkylation sites (N-methyl/N-ethyl adjacent to an activating group) is 2. The monoisotopic (exact) mass is 152 g/mol. The van der Waals surface area contributed by atoms with Crippen LogP contribution in [-0.2, 0) is 0 Å². The van der Waals surface area contributed by atoms with E-state index in [0.717, 1.165) is 19.6 Å². The Morgan fingerprint density at radius 2 is 2.33 bits per heavy atom. The van der Waals surface area contributed by atoms with Crippen molar-refractivity contribution in [1.82, 2.24) is 9.62 Å². The van der Waals surface area contributed by atoms with Gasteiger partial charge in [0, 0.05) is 13.1 Å². The van der Waals surface area contributed by atoms with Crippen LogP contribution in [0.4, 0.5) is 3.89 Å². The lowest BCUT2D eigenvalue weighted by Crippen LogP contribution is -2.24. The van der Waals surface area contributed by atoms with Gasteiger partial charge in [0.15, 0.2) is 0 Å². The van der Waals surface area contributed by atoms with E-state index in [-0.39, 0.29) is 12.3 Å². The number of nitrogens with one attached hydrogen (secondary N) is 1. The van der Waals surface area contributed by atoms with Crippen molar-refractivity contribution in [3.8, 4) is 0 Å². The van der Waals surface area contributed by atoms with E-state index in [9.17, 15) is 3.89 Å². The molecule has 56 valence electrons. The van der Waals surface area contributed by atoms with Gasteiger partial charge in [-0.15, -0.1) is 3.89 Å². The van der Waals surface area contributed by atoms with Crippen LogP contribution in [0, 0.1) is 0 Å². The molecule has 0 amide bonds. The second kappa shape index (κ2) is 6.32. The Kier molecular flexibility index (Phi) is 6.46. The summed E-state index contributed by atoms with van der Waals surface area (Å²) in [6.07, 6.45) is 0. The number of nitrogens with zero attached hydrogens (tertiary/aromatic N) is 1. The SMILES string of the molecule is CCNCCN(C)SF. The summed E-state index contributed by atoms with van der Waals surface area (Å²) in [7, 11) is 1.72. The molecule has 0 radical (unpaired) electrons. The average Bonchev–Trinajstić information content (AvgIpc) is 1.89. The molecular weight excluding hydrogens is 139 g/mol. The number of hydrogen-bond donors (Lipinski definition) is 1. The third-order valence-corrected chi connectivity index (χ3v) is 1.39. The van der Waals surface area contributed by atoms with Crippen molar-refractivity contribution in [2.24, 2.45) is 0 Å². The van der Waals surface area contributed by atoms with E-state index in [4.69, 9.17) is 0 Å². The molecule has 1 N–H and O–H groups in total. The molecule has 0 aliphatic heterocycles. The summed E-state index contributed by atoms with van der Waals surface area (Å²) < 4.78 is 13.2. The van der Waals surface area contributed by atoms with Gasteiger partial charge in [0.25, 0.3) is 0 Å². The van der Waals surface area contributed by atoms with Gasteiger partial charge in [0.05, 0.1) is 0 Å². The topological polar surface area (TPSA) is 15.3 Å². The van der Waals surface area contributed by atoms with E-state index < -0.39 is 0 Å². The lowest BCUT2D eigenvalue weighted by Gasteiger charge is -2.08. The summed E-state index contributed by atoms with van der Waals surface area (Å²) in [6, 6.07) is 0. The fourth-order valence-electron chi connectivity index (χ4n) is 0.448. The summed E-state index contributed by atoms with van der Waals surface area (Å²) in [6.45, 7) is 4.58. The van der Waals surface area contributed by atoms with Crippen molar-refractivity contribution in [3.05, 3.63) is 0 Å². The fraction of sp³-hybridized carbons (Fsp3) is 1.00. The van der Waals surface area contributed by atoms with Crippen molar-refractivity contribution in [2.75, 3.05) is 26.7 Å². The minimum absolute atomic E-state index is 0.269. The van der Waals surface area contributed by atoms with Crippen LogP contribution in [0.5, 0.6) is 0 Å². The van der Waals surface area contributed by atoms with Gasteiger partial charge in [-0.2, -0.15) is 0 Å². The normalized spacial score (nSPS) is 10.7. The van der Waals surface area contributed by atoms with Gasteiger partial charge in [-0.25, -0.2) is 4.31 Å². The lowest BCUT2D eigenvalue weighted by atomic mass is 10.6. The van der Waals surface area contributed by atoms with Crippen LogP contribution in [0.3, 0.4) is 0 Å². The smallest absolute Gasteiger partial charge is 0.134 e. The number of hydrogen-bond acceptors (Lipinski definition) is 3. The Morgan fingerprint density at radius 3 is 2.78 bits per heavy atom. The molecule has 0 heterocycles. The minimum Gasteiger partial charge on any atom is -0.316 e. The number of halogens is 1. The zero-order chi connectivity index (χ0) is 7.11. The van der Waals surface area contributed by atoms with E-state index >= 15 is 0 Å². The Morgan fingerprint density at radius 1 is 1.67 bits per heavy atom. The molecule has 0 aromatic rings. The Hall–Kier alpha value is 0.200. The van der Waals surface area contributed by atoms with Gasteiger partial charge < -0.3 is 5.32 Å². The van der Waals surface area contributed by atoms with E-state index in [1.54, 1.807) is 11.4 Å². The third-order valence-electron chi connectivity index (χ3n) is 0.971. The van der Waals surface area contributed by atoms with Gasteiger partial charge in [-0.05, 0) is 13.6 Å². The molecule has 0 aromatic carbocycles. The zero-order valence-corrected chi connectivity index (χ0v) is 6.67. The molecule has 0 rings (SSSR count). The Labute approximate surface area is 60.2 Å². The maximum absolute atomic E-state index is 11.6. The summed E-state index contributed by atoms with van der Waals surface area (Å²) in [5, 5.41) is 3.09. The summed E-state index contributed by atoms with van der Waals surface area (Å²) in [5.74, 6) is 0. The highest BCUT2D eigenvalue weighted by molar-refractivity contribution is 7.91. The molecule has 0 saturated carbocycles. The van der Waals surface area contributed by atoms with E-state index in [0.29, 0.717) is 0 Å². The lowest BCUT2D eigenvalue weighted by molar-refractivity contribution is 0.522. The van der Waals surface area contributed by atoms with Crippen molar-refractivity contribution in [1.29, 1.82) is 0 Å². The first-order valence-corrected chi connectivity index (χ1v) is 3.69. The first-order valence-electron chi connectivity index (χ1n) is 3.01.